The van der Waals surface area contributed by atoms with Crippen molar-refractivity contribution in [1.29, 1.82) is 0 Å². The topological polar surface area (TPSA) is 94.3 Å². The molecule has 1 aromatic carbocycles. The molecular formula is C18H15F3N4O3S2. The minimum absolute atomic E-state index is 0.171. The quantitative estimate of drug-likeness (QED) is 0.601. The molecule has 30 heavy (non-hydrogen) atoms. The Morgan fingerprint density at radius 1 is 1.20 bits per heavy atom. The van der Waals surface area contributed by atoms with Crippen molar-refractivity contribution < 1.29 is 26.4 Å². The second kappa shape index (κ2) is 8.11. The lowest BCUT2D eigenvalue weighted by atomic mass is 10.1. The maximum atomic E-state index is 12.8. The van der Waals surface area contributed by atoms with Gasteiger partial charge in [0, 0.05) is 18.8 Å². The summed E-state index contributed by atoms with van der Waals surface area (Å²) in [6.45, 7) is 1.41. The number of nitrogens with zero attached hydrogens (tertiary/aromatic N) is 4. The molecule has 2 aromatic heterocycles. The number of pyridine rings is 1. The molecule has 0 unspecified atom stereocenters. The second-order valence-electron chi connectivity index (χ2n) is 6.07. The second-order valence-corrected chi connectivity index (χ2v) is 9.27. The molecule has 0 atom stereocenters. The van der Waals surface area contributed by atoms with Crippen LogP contribution in [-0.2, 0) is 23.1 Å². The SMILES string of the molecule is CCS(=O)(=O)c1cc(-c2ccccc2)cnc1C(=O)/N=c1\sc(C(F)(F)F)nn1C. The molecule has 0 aliphatic carbocycles. The molecular weight excluding hydrogens is 441 g/mol. The van der Waals surface area contributed by atoms with E-state index in [9.17, 15) is 26.4 Å². The zero-order valence-corrected chi connectivity index (χ0v) is 17.3. The van der Waals surface area contributed by atoms with Crippen molar-refractivity contribution >= 4 is 27.1 Å². The van der Waals surface area contributed by atoms with Crippen molar-refractivity contribution in [3.63, 3.8) is 0 Å². The summed E-state index contributed by atoms with van der Waals surface area (Å²) in [5, 5.41) is 2.12. The number of hydrogen-bond donors (Lipinski definition) is 0. The zero-order chi connectivity index (χ0) is 22.1. The molecule has 158 valence electrons. The van der Waals surface area contributed by atoms with E-state index in [0.29, 0.717) is 11.1 Å². The summed E-state index contributed by atoms with van der Waals surface area (Å²) in [5.41, 5.74) is 0.706. The molecule has 0 fully saturated rings. The summed E-state index contributed by atoms with van der Waals surface area (Å²) in [7, 11) is -2.67. The molecule has 0 saturated carbocycles. The summed E-state index contributed by atoms with van der Waals surface area (Å²) >= 11 is 0.171. The maximum Gasteiger partial charge on any atom is 0.445 e. The molecule has 12 heteroatoms. The van der Waals surface area contributed by atoms with Gasteiger partial charge in [0.15, 0.2) is 9.84 Å². The minimum Gasteiger partial charge on any atom is -0.265 e. The molecule has 7 nitrogen and oxygen atoms in total. The van der Waals surface area contributed by atoms with E-state index in [0.717, 1.165) is 4.68 Å². The third-order valence-corrected chi connectivity index (χ3v) is 6.81. The van der Waals surface area contributed by atoms with Crippen LogP contribution in [0.15, 0.2) is 52.5 Å². The number of carbonyl (C=O) groups excluding carboxylic acids is 1. The summed E-state index contributed by atoms with van der Waals surface area (Å²) < 4.78 is 64.4. The normalized spacial score (nSPS) is 12.9. The first kappa shape index (κ1) is 21.8. The number of hydrogen-bond acceptors (Lipinski definition) is 6. The first-order chi connectivity index (χ1) is 14.0. The molecule has 0 N–H and O–H groups in total. The van der Waals surface area contributed by atoms with Crippen molar-refractivity contribution in [1.82, 2.24) is 14.8 Å². The monoisotopic (exact) mass is 456 g/mol. The van der Waals surface area contributed by atoms with Gasteiger partial charge in [-0.2, -0.15) is 23.3 Å². The third kappa shape index (κ3) is 4.49. The summed E-state index contributed by atoms with van der Waals surface area (Å²) in [4.78, 5) is 19.6. The van der Waals surface area contributed by atoms with Gasteiger partial charge in [-0.15, -0.1) is 0 Å². The van der Waals surface area contributed by atoms with Crippen LogP contribution < -0.4 is 4.80 Å². The molecule has 2 heterocycles. The molecule has 0 aliphatic heterocycles. The lowest BCUT2D eigenvalue weighted by Gasteiger charge is -2.09. The summed E-state index contributed by atoms with van der Waals surface area (Å²) in [6.07, 6.45) is -3.37. The molecule has 0 saturated heterocycles. The Hall–Kier alpha value is -2.86. The van der Waals surface area contributed by atoms with Gasteiger partial charge in [0.2, 0.25) is 9.81 Å². The van der Waals surface area contributed by atoms with Crippen molar-refractivity contribution in [2.24, 2.45) is 12.0 Å². The van der Waals surface area contributed by atoms with E-state index in [-0.39, 0.29) is 26.8 Å². The number of sulfone groups is 1. The van der Waals surface area contributed by atoms with Crippen LogP contribution in [0.25, 0.3) is 11.1 Å². The number of aryl methyl sites for hydroxylation is 1. The first-order valence-corrected chi connectivity index (χ1v) is 11.0. The van der Waals surface area contributed by atoms with E-state index in [2.05, 4.69) is 15.1 Å². The average molecular weight is 456 g/mol. The number of benzene rings is 1. The van der Waals surface area contributed by atoms with Crippen LogP contribution in [0.2, 0.25) is 0 Å². The standard InChI is InChI=1S/C18H15F3N4O3S2/c1-3-30(27,28)13-9-12(11-7-5-4-6-8-11)10-22-14(13)15(26)23-17-25(2)24-16(29-17)18(19,20)21/h4-10H,3H2,1-2H3/b23-17-. The van der Waals surface area contributed by atoms with Gasteiger partial charge in [0.25, 0.3) is 5.91 Å². The highest BCUT2D eigenvalue weighted by molar-refractivity contribution is 7.91. The average Bonchev–Trinajstić information content (AvgIpc) is 3.09. The number of halogens is 3. The van der Waals surface area contributed by atoms with Crippen molar-refractivity contribution in [3.8, 4) is 11.1 Å². The van der Waals surface area contributed by atoms with Gasteiger partial charge in [-0.25, -0.2) is 18.1 Å². The van der Waals surface area contributed by atoms with Crippen LogP contribution >= 0.6 is 11.3 Å². The fourth-order valence-electron chi connectivity index (χ4n) is 2.49. The van der Waals surface area contributed by atoms with E-state index < -0.39 is 32.6 Å². The predicted octanol–water partition coefficient (Wildman–Crippen LogP) is 3.10. The van der Waals surface area contributed by atoms with Gasteiger partial charge in [0.05, 0.1) is 10.6 Å². The third-order valence-electron chi connectivity index (χ3n) is 4.02. The fraction of sp³-hybridized carbons (Fsp3) is 0.222. The van der Waals surface area contributed by atoms with Gasteiger partial charge >= 0.3 is 6.18 Å². The Balaban J connectivity index is 2.14. The molecule has 0 aliphatic rings. The van der Waals surface area contributed by atoms with E-state index in [1.165, 1.54) is 26.2 Å². The number of alkyl halides is 3. The van der Waals surface area contributed by atoms with Crippen LogP contribution in [0.3, 0.4) is 0 Å². The van der Waals surface area contributed by atoms with E-state index in [4.69, 9.17) is 0 Å². The lowest BCUT2D eigenvalue weighted by Crippen LogP contribution is -2.17. The van der Waals surface area contributed by atoms with Crippen LogP contribution in [0, 0.1) is 0 Å². The highest BCUT2D eigenvalue weighted by Gasteiger charge is 2.35. The molecule has 0 radical (unpaired) electrons. The van der Waals surface area contributed by atoms with Gasteiger partial charge in [-0.3, -0.25) is 4.79 Å². The van der Waals surface area contributed by atoms with Crippen molar-refractivity contribution in [2.45, 2.75) is 18.0 Å². The van der Waals surface area contributed by atoms with E-state index in [1.807, 2.05) is 0 Å². The number of carbonyl (C=O) groups is 1. The number of aromatic nitrogens is 3. The Kier molecular flexibility index (Phi) is 5.90. The van der Waals surface area contributed by atoms with Gasteiger partial charge in [-0.1, -0.05) is 48.6 Å². The van der Waals surface area contributed by atoms with E-state index >= 15 is 0 Å². The summed E-state index contributed by atoms with van der Waals surface area (Å²) in [5.74, 6) is -1.37. The zero-order valence-electron chi connectivity index (χ0n) is 15.7. The number of amides is 1. The van der Waals surface area contributed by atoms with Crippen LogP contribution in [0.5, 0.6) is 0 Å². The van der Waals surface area contributed by atoms with Gasteiger partial charge in [0.1, 0.15) is 5.69 Å². The Morgan fingerprint density at radius 2 is 1.87 bits per heavy atom. The molecule has 3 rings (SSSR count). The van der Waals surface area contributed by atoms with Crippen molar-refractivity contribution in [2.75, 3.05) is 5.75 Å². The Labute approximate surface area is 173 Å². The molecule has 1 amide bonds. The Morgan fingerprint density at radius 3 is 2.43 bits per heavy atom. The van der Waals surface area contributed by atoms with Crippen molar-refractivity contribution in [3.05, 3.63) is 58.1 Å². The lowest BCUT2D eigenvalue weighted by molar-refractivity contribution is -0.138. The van der Waals surface area contributed by atoms with Crippen LogP contribution in [-0.4, -0.2) is 34.8 Å². The van der Waals surface area contributed by atoms with Gasteiger partial charge < -0.3 is 0 Å². The summed E-state index contributed by atoms with van der Waals surface area (Å²) in [6, 6.07) is 10.1. The number of rotatable bonds is 4. The maximum absolute atomic E-state index is 12.8. The smallest absolute Gasteiger partial charge is 0.265 e. The first-order valence-electron chi connectivity index (χ1n) is 8.51. The largest absolute Gasteiger partial charge is 0.445 e. The molecule has 0 spiro atoms. The predicted molar refractivity (Wildman–Crippen MR) is 103 cm³/mol. The highest BCUT2D eigenvalue weighted by atomic mass is 32.2. The molecule has 3 aromatic rings. The Bertz CT molecular complexity index is 1260. The van der Waals surface area contributed by atoms with Crippen LogP contribution in [0.1, 0.15) is 22.4 Å². The van der Waals surface area contributed by atoms with Crippen LogP contribution in [0.4, 0.5) is 13.2 Å². The minimum atomic E-state index is -4.69. The van der Waals surface area contributed by atoms with Gasteiger partial charge in [-0.05, 0) is 11.6 Å². The van der Waals surface area contributed by atoms with E-state index in [1.54, 1.807) is 30.3 Å². The highest BCUT2D eigenvalue weighted by Crippen LogP contribution is 2.29. The fourth-order valence-corrected chi connectivity index (χ4v) is 4.29. The molecule has 0 bridgehead atoms.